The molecule has 4 rings (SSSR count). The van der Waals surface area contributed by atoms with Crippen LogP contribution >= 0.6 is 11.3 Å². The Morgan fingerprint density at radius 1 is 1.30 bits per heavy atom. The molecule has 9 nitrogen and oxygen atoms in total. The number of benzene rings is 2. The summed E-state index contributed by atoms with van der Waals surface area (Å²) in [5, 5.41) is 11.1. The van der Waals surface area contributed by atoms with Gasteiger partial charge in [0, 0.05) is 25.2 Å². The monoisotopic (exact) mass is 486 g/mol. The standard InChI is InChI=1S/C22H22N4O5S2/c1-3-12-24-18-11-8-16(26(28)29)14-20(18)32-22(24)23-21(27)19-5-4-13-25(19)33(30,31)17-9-6-15(2)7-10-17/h3,6-11,14,19H,1,4-5,12-13H2,2H3. The topological polar surface area (TPSA) is 115 Å². The average molecular weight is 487 g/mol. The highest BCUT2D eigenvalue weighted by Crippen LogP contribution is 2.28. The molecule has 1 atom stereocenters. The fourth-order valence-corrected chi connectivity index (χ4v) is 6.58. The van der Waals surface area contributed by atoms with Crippen LogP contribution in [0, 0.1) is 17.0 Å². The van der Waals surface area contributed by atoms with Gasteiger partial charge in [0.1, 0.15) is 6.04 Å². The van der Waals surface area contributed by atoms with Crippen molar-refractivity contribution in [2.75, 3.05) is 6.54 Å². The summed E-state index contributed by atoms with van der Waals surface area (Å²) in [5.74, 6) is -0.554. The quantitative estimate of drug-likeness (QED) is 0.301. The number of thiazole rings is 1. The van der Waals surface area contributed by atoms with Gasteiger partial charge in [-0.1, -0.05) is 35.1 Å². The minimum Gasteiger partial charge on any atom is -0.312 e. The third-order valence-electron chi connectivity index (χ3n) is 5.51. The molecule has 0 spiro atoms. The number of hydrogen-bond donors (Lipinski definition) is 0. The molecule has 172 valence electrons. The van der Waals surface area contributed by atoms with Gasteiger partial charge in [-0.3, -0.25) is 14.9 Å². The van der Waals surface area contributed by atoms with E-state index in [0.29, 0.717) is 34.4 Å². The minimum atomic E-state index is -3.84. The van der Waals surface area contributed by atoms with Crippen molar-refractivity contribution in [3.8, 4) is 0 Å². The van der Waals surface area contributed by atoms with Gasteiger partial charge in [0.15, 0.2) is 4.80 Å². The number of hydrogen-bond acceptors (Lipinski definition) is 6. The molecule has 11 heteroatoms. The summed E-state index contributed by atoms with van der Waals surface area (Å²) in [7, 11) is -3.84. The second kappa shape index (κ2) is 9.00. The van der Waals surface area contributed by atoms with Crippen molar-refractivity contribution >= 4 is 43.2 Å². The van der Waals surface area contributed by atoms with E-state index in [1.165, 1.54) is 16.4 Å². The van der Waals surface area contributed by atoms with Gasteiger partial charge >= 0.3 is 0 Å². The van der Waals surface area contributed by atoms with Crippen LogP contribution in [0.5, 0.6) is 0 Å². The highest BCUT2D eigenvalue weighted by molar-refractivity contribution is 7.89. The maximum Gasteiger partial charge on any atom is 0.270 e. The highest BCUT2D eigenvalue weighted by atomic mass is 32.2. The van der Waals surface area contributed by atoms with E-state index in [1.807, 2.05) is 6.92 Å². The van der Waals surface area contributed by atoms with Crippen LogP contribution in [0.2, 0.25) is 0 Å². The molecule has 1 aliphatic rings. The first-order valence-corrected chi connectivity index (χ1v) is 12.5. The summed E-state index contributed by atoms with van der Waals surface area (Å²) >= 11 is 1.14. The molecule has 2 aromatic carbocycles. The fourth-order valence-electron chi connectivity index (χ4n) is 3.86. The molecule has 0 N–H and O–H groups in total. The molecule has 0 radical (unpaired) electrons. The van der Waals surface area contributed by atoms with Crippen molar-refractivity contribution in [2.45, 2.75) is 37.2 Å². The predicted molar refractivity (Wildman–Crippen MR) is 125 cm³/mol. The lowest BCUT2D eigenvalue weighted by Gasteiger charge is -2.21. The van der Waals surface area contributed by atoms with Gasteiger partial charge in [0.25, 0.3) is 11.6 Å². The molecule has 0 bridgehead atoms. The van der Waals surface area contributed by atoms with E-state index >= 15 is 0 Å². The van der Waals surface area contributed by atoms with Crippen molar-refractivity contribution in [1.82, 2.24) is 8.87 Å². The van der Waals surface area contributed by atoms with E-state index in [0.717, 1.165) is 16.9 Å². The number of carbonyl (C=O) groups is 1. The zero-order valence-electron chi connectivity index (χ0n) is 17.9. The van der Waals surface area contributed by atoms with Crippen LogP contribution in [0.1, 0.15) is 18.4 Å². The number of sulfonamides is 1. The Kier molecular flexibility index (Phi) is 6.28. The van der Waals surface area contributed by atoms with Crippen LogP contribution < -0.4 is 4.80 Å². The predicted octanol–water partition coefficient (Wildman–Crippen LogP) is 3.39. The second-order valence-electron chi connectivity index (χ2n) is 7.73. The summed E-state index contributed by atoms with van der Waals surface area (Å²) in [4.78, 5) is 28.5. The molecule has 1 saturated heterocycles. The number of non-ortho nitro benzene ring substituents is 1. The summed E-state index contributed by atoms with van der Waals surface area (Å²) < 4.78 is 29.9. The number of nitro groups is 1. The van der Waals surface area contributed by atoms with Gasteiger partial charge in [0.05, 0.1) is 20.0 Å². The van der Waals surface area contributed by atoms with E-state index < -0.39 is 26.9 Å². The Labute approximate surface area is 194 Å². The number of aryl methyl sites for hydroxylation is 1. The Bertz CT molecular complexity index is 1420. The van der Waals surface area contributed by atoms with E-state index in [2.05, 4.69) is 11.6 Å². The van der Waals surface area contributed by atoms with E-state index in [9.17, 15) is 23.3 Å². The lowest BCUT2D eigenvalue weighted by molar-refractivity contribution is -0.384. The second-order valence-corrected chi connectivity index (χ2v) is 10.6. The summed E-state index contributed by atoms with van der Waals surface area (Å²) in [6, 6.07) is 10.1. The average Bonchev–Trinajstić information content (AvgIpc) is 3.40. The molecular formula is C22H22N4O5S2. The van der Waals surface area contributed by atoms with Crippen LogP contribution in [0.15, 0.2) is 65.0 Å². The number of aromatic nitrogens is 1. The van der Waals surface area contributed by atoms with Gasteiger partial charge in [-0.2, -0.15) is 9.30 Å². The SMILES string of the molecule is C=CCn1c(=NC(=O)C2CCCN2S(=O)(=O)c2ccc(C)cc2)sc2cc([N+](=O)[O-])ccc21. The zero-order valence-corrected chi connectivity index (χ0v) is 19.5. The molecular weight excluding hydrogens is 464 g/mol. The number of allylic oxidation sites excluding steroid dienone is 1. The Balaban J connectivity index is 1.73. The van der Waals surface area contributed by atoms with Gasteiger partial charge in [-0.05, 0) is 38.0 Å². The van der Waals surface area contributed by atoms with Gasteiger partial charge in [-0.15, -0.1) is 6.58 Å². The summed E-state index contributed by atoms with van der Waals surface area (Å²) in [6.07, 6.45) is 2.58. The molecule has 1 aromatic heterocycles. The number of carbonyl (C=O) groups excluding carboxylic acids is 1. The first-order chi connectivity index (χ1) is 15.7. The largest absolute Gasteiger partial charge is 0.312 e. The smallest absolute Gasteiger partial charge is 0.270 e. The lowest BCUT2D eigenvalue weighted by Crippen LogP contribution is -2.40. The van der Waals surface area contributed by atoms with Gasteiger partial charge in [-0.25, -0.2) is 8.42 Å². The van der Waals surface area contributed by atoms with Crippen LogP contribution in [-0.4, -0.2) is 40.7 Å². The van der Waals surface area contributed by atoms with Gasteiger partial charge < -0.3 is 4.57 Å². The number of fused-ring (bicyclic) bond motifs is 1. The molecule has 1 aliphatic heterocycles. The summed E-state index contributed by atoms with van der Waals surface area (Å²) in [6.45, 7) is 6.19. The molecule has 2 heterocycles. The molecule has 33 heavy (non-hydrogen) atoms. The summed E-state index contributed by atoms with van der Waals surface area (Å²) in [5.41, 5.74) is 1.57. The molecule has 3 aromatic rings. The van der Waals surface area contributed by atoms with Gasteiger partial charge in [0.2, 0.25) is 10.0 Å². The third kappa shape index (κ3) is 4.39. The van der Waals surface area contributed by atoms with Crippen LogP contribution in [-0.2, 0) is 21.4 Å². The first kappa shape index (κ1) is 23.0. The van der Waals surface area contributed by atoms with Crippen molar-refractivity contribution in [2.24, 2.45) is 4.99 Å². The van der Waals surface area contributed by atoms with E-state index in [4.69, 9.17) is 0 Å². The first-order valence-electron chi connectivity index (χ1n) is 10.3. The minimum absolute atomic E-state index is 0.0569. The molecule has 0 aliphatic carbocycles. The Morgan fingerprint density at radius 3 is 2.70 bits per heavy atom. The molecule has 1 fully saturated rings. The number of nitro benzene ring substituents is 1. The number of rotatable bonds is 6. The molecule has 1 amide bonds. The van der Waals surface area contributed by atoms with Crippen LogP contribution in [0.3, 0.4) is 0 Å². The van der Waals surface area contributed by atoms with E-state index in [1.54, 1.807) is 41.0 Å². The third-order valence-corrected chi connectivity index (χ3v) is 8.47. The number of nitrogens with zero attached hydrogens (tertiary/aromatic N) is 4. The number of amides is 1. The van der Waals surface area contributed by atoms with Crippen molar-refractivity contribution in [3.05, 3.63) is 75.6 Å². The van der Waals surface area contributed by atoms with Crippen LogP contribution in [0.25, 0.3) is 10.2 Å². The highest BCUT2D eigenvalue weighted by Gasteiger charge is 2.39. The normalized spacial score (nSPS) is 17.5. The van der Waals surface area contributed by atoms with Crippen molar-refractivity contribution in [1.29, 1.82) is 0 Å². The van der Waals surface area contributed by atoms with E-state index in [-0.39, 0.29) is 17.1 Å². The maximum atomic E-state index is 13.2. The zero-order chi connectivity index (χ0) is 23.8. The maximum absolute atomic E-state index is 13.2. The Morgan fingerprint density at radius 2 is 2.03 bits per heavy atom. The van der Waals surface area contributed by atoms with Crippen molar-refractivity contribution < 1.29 is 18.1 Å². The van der Waals surface area contributed by atoms with Crippen LogP contribution in [0.4, 0.5) is 5.69 Å². The molecule has 1 unspecified atom stereocenters. The molecule has 0 saturated carbocycles. The Hall–Kier alpha value is -3.15. The fraction of sp³-hybridized carbons (Fsp3) is 0.273. The lowest BCUT2D eigenvalue weighted by atomic mass is 10.2. The van der Waals surface area contributed by atoms with Crippen molar-refractivity contribution in [3.63, 3.8) is 0 Å².